The fourth-order valence-electron chi connectivity index (χ4n) is 1.28. The fraction of sp³-hybridized carbons (Fsp3) is 0.300. The number of benzene rings is 1. The molecule has 0 spiro atoms. The molecule has 0 radical (unpaired) electrons. The second-order valence-corrected chi connectivity index (χ2v) is 6.61. The molecule has 0 atom stereocenters. The van der Waals surface area contributed by atoms with Crippen LogP contribution in [0.3, 0.4) is 0 Å². The number of halogens is 2. The second-order valence-electron chi connectivity index (χ2n) is 3.74. The molecular weight excluding hydrogens is 341 g/mol. The van der Waals surface area contributed by atoms with E-state index in [9.17, 15) is 17.6 Å². The van der Waals surface area contributed by atoms with Gasteiger partial charge < -0.3 is 11.1 Å². The third-order valence-corrected chi connectivity index (χ3v) is 5.15. The number of likely N-dealkylation sites (N-methyl/N-ethyl adjacent to an activating group) is 2. The number of carbonyl (C=O) groups excluding carboxylic acids is 1. The summed E-state index contributed by atoms with van der Waals surface area (Å²) < 4.78 is 38.5. The van der Waals surface area contributed by atoms with Crippen molar-refractivity contribution < 1.29 is 17.6 Å². The van der Waals surface area contributed by atoms with Gasteiger partial charge in [-0.3, -0.25) is 4.79 Å². The minimum Gasteiger partial charge on any atom is -0.396 e. The normalized spacial score (nSPS) is 11.6. The van der Waals surface area contributed by atoms with E-state index < -0.39 is 21.7 Å². The number of rotatable bonds is 4. The molecule has 106 valence electrons. The van der Waals surface area contributed by atoms with Crippen LogP contribution in [0.15, 0.2) is 21.5 Å². The summed E-state index contributed by atoms with van der Waals surface area (Å²) in [5.41, 5.74) is 5.07. The first kappa shape index (κ1) is 15.9. The third-order valence-electron chi connectivity index (χ3n) is 2.38. The molecule has 1 rings (SSSR count). The number of nitrogens with two attached hydrogens (primary N) is 1. The van der Waals surface area contributed by atoms with Crippen LogP contribution >= 0.6 is 15.9 Å². The van der Waals surface area contributed by atoms with Crippen molar-refractivity contribution in [1.82, 2.24) is 9.62 Å². The zero-order valence-corrected chi connectivity index (χ0v) is 12.7. The topological polar surface area (TPSA) is 92.5 Å². The number of nitrogens with one attached hydrogen (secondary N) is 1. The highest BCUT2D eigenvalue weighted by Gasteiger charge is 2.26. The van der Waals surface area contributed by atoms with E-state index in [0.717, 1.165) is 16.4 Å². The van der Waals surface area contributed by atoms with E-state index in [1.165, 1.54) is 14.1 Å². The molecule has 0 aromatic heterocycles. The Hall–Kier alpha value is -1.19. The maximum absolute atomic E-state index is 13.2. The lowest BCUT2D eigenvalue weighted by Gasteiger charge is -2.17. The van der Waals surface area contributed by atoms with Crippen LogP contribution in [0.4, 0.5) is 10.1 Å². The van der Waals surface area contributed by atoms with Crippen molar-refractivity contribution in [3.05, 3.63) is 22.4 Å². The van der Waals surface area contributed by atoms with Crippen molar-refractivity contribution >= 4 is 37.5 Å². The molecule has 0 fully saturated rings. The van der Waals surface area contributed by atoms with Crippen LogP contribution in [0.25, 0.3) is 0 Å². The molecule has 1 aromatic carbocycles. The Morgan fingerprint density at radius 2 is 2.11 bits per heavy atom. The van der Waals surface area contributed by atoms with Gasteiger partial charge in [-0.25, -0.2) is 12.8 Å². The van der Waals surface area contributed by atoms with Crippen molar-refractivity contribution in [3.63, 3.8) is 0 Å². The molecule has 9 heteroatoms. The Kier molecular flexibility index (Phi) is 4.88. The van der Waals surface area contributed by atoms with E-state index in [4.69, 9.17) is 5.73 Å². The van der Waals surface area contributed by atoms with Crippen molar-refractivity contribution in [1.29, 1.82) is 0 Å². The van der Waals surface area contributed by atoms with Crippen LogP contribution in [0.5, 0.6) is 0 Å². The summed E-state index contributed by atoms with van der Waals surface area (Å²) in [5, 5.41) is 2.31. The molecule has 0 unspecified atom stereocenters. The van der Waals surface area contributed by atoms with Crippen LogP contribution in [0.1, 0.15) is 0 Å². The van der Waals surface area contributed by atoms with Gasteiger partial charge in [0, 0.05) is 18.6 Å². The zero-order valence-electron chi connectivity index (χ0n) is 10.3. The van der Waals surface area contributed by atoms with Gasteiger partial charge in [-0.2, -0.15) is 4.31 Å². The molecule has 0 saturated heterocycles. The van der Waals surface area contributed by atoms with E-state index in [-0.39, 0.29) is 21.6 Å². The number of hydrogen-bond donors (Lipinski definition) is 2. The Bertz CT molecular complexity index is 606. The van der Waals surface area contributed by atoms with Gasteiger partial charge in [-0.15, -0.1) is 0 Å². The standard InChI is InChI=1S/C10H13BrFN3O3S/c1-14-10(16)5-15(2)19(17,18)9-4-8(13)7(12)3-6(9)11/h3-4H,5,13H2,1-2H3,(H,14,16). The number of amides is 1. The largest absolute Gasteiger partial charge is 0.396 e. The van der Waals surface area contributed by atoms with E-state index in [1.807, 2.05) is 0 Å². The van der Waals surface area contributed by atoms with Gasteiger partial charge in [0.05, 0.1) is 17.1 Å². The molecule has 0 saturated carbocycles. The first-order valence-corrected chi connectivity index (χ1v) is 7.35. The molecule has 0 bridgehead atoms. The molecule has 1 amide bonds. The number of sulfonamides is 1. The molecular formula is C10H13BrFN3O3S. The fourth-order valence-corrected chi connectivity index (χ4v) is 3.41. The van der Waals surface area contributed by atoms with Crippen molar-refractivity contribution in [2.24, 2.45) is 0 Å². The van der Waals surface area contributed by atoms with Gasteiger partial charge in [-0.1, -0.05) is 0 Å². The maximum atomic E-state index is 13.2. The molecule has 0 aliphatic rings. The van der Waals surface area contributed by atoms with Crippen molar-refractivity contribution in [2.75, 3.05) is 26.4 Å². The predicted octanol–water partition coefficient (Wildman–Crippen LogP) is 0.537. The maximum Gasteiger partial charge on any atom is 0.244 e. The quantitative estimate of drug-likeness (QED) is 0.772. The number of hydrogen-bond acceptors (Lipinski definition) is 4. The van der Waals surface area contributed by atoms with Crippen molar-refractivity contribution in [2.45, 2.75) is 4.90 Å². The monoisotopic (exact) mass is 353 g/mol. The van der Waals surface area contributed by atoms with Gasteiger partial charge >= 0.3 is 0 Å². The highest BCUT2D eigenvalue weighted by Crippen LogP contribution is 2.28. The lowest BCUT2D eigenvalue weighted by molar-refractivity contribution is -0.120. The Morgan fingerprint density at radius 3 is 2.63 bits per heavy atom. The first-order valence-electron chi connectivity index (χ1n) is 5.11. The molecule has 19 heavy (non-hydrogen) atoms. The SMILES string of the molecule is CNC(=O)CN(C)S(=O)(=O)c1cc(N)c(F)cc1Br. The van der Waals surface area contributed by atoms with Gasteiger partial charge in [0.25, 0.3) is 0 Å². The summed E-state index contributed by atoms with van der Waals surface area (Å²) in [7, 11) is -1.29. The molecule has 6 nitrogen and oxygen atoms in total. The Labute approximate surface area is 118 Å². The summed E-state index contributed by atoms with van der Waals surface area (Å²) in [6, 6.07) is 1.98. The Balaban J connectivity index is 3.20. The van der Waals surface area contributed by atoms with Gasteiger partial charge in [0.1, 0.15) is 5.82 Å². The van der Waals surface area contributed by atoms with Crippen LogP contribution in [-0.2, 0) is 14.8 Å². The average Bonchev–Trinajstić information content (AvgIpc) is 2.33. The minimum absolute atomic E-state index is 0.0444. The predicted molar refractivity (Wildman–Crippen MR) is 72.4 cm³/mol. The van der Waals surface area contributed by atoms with Crippen LogP contribution in [-0.4, -0.2) is 39.3 Å². The summed E-state index contributed by atoms with van der Waals surface area (Å²) in [4.78, 5) is 11.0. The van der Waals surface area contributed by atoms with E-state index in [1.54, 1.807) is 0 Å². The third kappa shape index (κ3) is 3.43. The minimum atomic E-state index is -3.94. The summed E-state index contributed by atoms with van der Waals surface area (Å²) in [5.74, 6) is -1.18. The lowest BCUT2D eigenvalue weighted by Crippen LogP contribution is -2.37. The van der Waals surface area contributed by atoms with Gasteiger partial charge in [0.15, 0.2) is 0 Å². The molecule has 0 heterocycles. The average molecular weight is 354 g/mol. The molecule has 1 aromatic rings. The van der Waals surface area contributed by atoms with Gasteiger partial charge in [0.2, 0.25) is 15.9 Å². The lowest BCUT2D eigenvalue weighted by atomic mass is 10.3. The zero-order chi connectivity index (χ0) is 14.8. The van der Waals surface area contributed by atoms with E-state index in [0.29, 0.717) is 0 Å². The number of nitrogen functional groups attached to an aromatic ring is 1. The number of nitrogens with zero attached hydrogens (tertiary/aromatic N) is 1. The van der Waals surface area contributed by atoms with Crippen LogP contribution in [0, 0.1) is 5.82 Å². The molecule has 0 aliphatic carbocycles. The van der Waals surface area contributed by atoms with E-state index >= 15 is 0 Å². The second kappa shape index (κ2) is 5.85. The number of anilines is 1. The molecule has 3 N–H and O–H groups in total. The van der Waals surface area contributed by atoms with Gasteiger partial charge in [-0.05, 0) is 28.1 Å². The summed E-state index contributed by atoms with van der Waals surface area (Å²) >= 11 is 2.97. The first-order chi connectivity index (χ1) is 8.70. The number of carbonyl (C=O) groups is 1. The van der Waals surface area contributed by atoms with Crippen LogP contribution in [0.2, 0.25) is 0 Å². The van der Waals surface area contributed by atoms with Crippen molar-refractivity contribution in [3.8, 4) is 0 Å². The molecule has 0 aliphatic heterocycles. The summed E-state index contributed by atoms with van der Waals surface area (Å²) in [6.07, 6.45) is 0. The van der Waals surface area contributed by atoms with Crippen LogP contribution < -0.4 is 11.1 Å². The summed E-state index contributed by atoms with van der Waals surface area (Å²) in [6.45, 7) is -0.345. The smallest absolute Gasteiger partial charge is 0.244 e. The highest BCUT2D eigenvalue weighted by atomic mass is 79.9. The van der Waals surface area contributed by atoms with E-state index in [2.05, 4.69) is 21.2 Å². The highest BCUT2D eigenvalue weighted by molar-refractivity contribution is 9.10. The Morgan fingerprint density at radius 1 is 1.53 bits per heavy atom.